The topological polar surface area (TPSA) is 93.7 Å². The standard InChI is InChI=1S/C25H27FN2O5S/c1-4-32-19-13-15-21(16-14-19)33-20-11-9-18(10-12-20)27-25(29)24(17(2)3)28-34(30,31)23-8-6-5-7-22(23)26/h5-17,24,28H,4H2,1-3H3,(H,27,29)/t24-/m1/s1. The molecule has 0 radical (unpaired) electrons. The van der Waals surface area contributed by atoms with Crippen molar-refractivity contribution >= 4 is 21.6 Å². The van der Waals surface area contributed by atoms with Gasteiger partial charge in [0.25, 0.3) is 0 Å². The summed E-state index contributed by atoms with van der Waals surface area (Å²) in [6.07, 6.45) is 0. The lowest BCUT2D eigenvalue weighted by Crippen LogP contribution is -2.47. The second-order valence-corrected chi connectivity index (χ2v) is 9.48. The number of sulfonamides is 1. The summed E-state index contributed by atoms with van der Waals surface area (Å²) >= 11 is 0. The molecule has 180 valence electrons. The van der Waals surface area contributed by atoms with Gasteiger partial charge in [0, 0.05) is 5.69 Å². The molecule has 0 aliphatic carbocycles. The van der Waals surface area contributed by atoms with E-state index in [0.29, 0.717) is 23.8 Å². The van der Waals surface area contributed by atoms with Crippen molar-refractivity contribution in [3.8, 4) is 17.2 Å². The zero-order valence-corrected chi connectivity index (χ0v) is 19.9. The van der Waals surface area contributed by atoms with Crippen LogP contribution in [0.3, 0.4) is 0 Å². The maximum Gasteiger partial charge on any atom is 0.244 e. The number of rotatable bonds is 10. The largest absolute Gasteiger partial charge is 0.494 e. The fourth-order valence-electron chi connectivity index (χ4n) is 3.12. The second-order valence-electron chi connectivity index (χ2n) is 7.79. The van der Waals surface area contributed by atoms with Crippen LogP contribution in [0.15, 0.2) is 77.7 Å². The molecule has 34 heavy (non-hydrogen) atoms. The van der Waals surface area contributed by atoms with E-state index in [2.05, 4.69) is 10.0 Å². The third-order valence-corrected chi connectivity index (χ3v) is 6.32. The molecule has 3 aromatic carbocycles. The van der Waals surface area contributed by atoms with Gasteiger partial charge in [0.2, 0.25) is 15.9 Å². The van der Waals surface area contributed by atoms with E-state index in [9.17, 15) is 17.6 Å². The van der Waals surface area contributed by atoms with Gasteiger partial charge < -0.3 is 14.8 Å². The second kappa shape index (κ2) is 11.1. The average Bonchev–Trinajstić information content (AvgIpc) is 2.80. The Morgan fingerprint density at radius 3 is 2.03 bits per heavy atom. The van der Waals surface area contributed by atoms with Gasteiger partial charge >= 0.3 is 0 Å². The van der Waals surface area contributed by atoms with Crippen molar-refractivity contribution in [1.82, 2.24) is 4.72 Å². The molecule has 0 aliphatic rings. The highest BCUT2D eigenvalue weighted by Gasteiger charge is 2.29. The van der Waals surface area contributed by atoms with E-state index in [1.807, 2.05) is 19.1 Å². The number of anilines is 1. The van der Waals surface area contributed by atoms with Crippen molar-refractivity contribution in [2.75, 3.05) is 11.9 Å². The molecule has 0 saturated carbocycles. The minimum atomic E-state index is -4.24. The summed E-state index contributed by atoms with van der Waals surface area (Å²) in [4.78, 5) is 12.3. The van der Waals surface area contributed by atoms with Crippen molar-refractivity contribution in [2.45, 2.75) is 31.7 Å². The molecule has 1 atom stereocenters. The van der Waals surface area contributed by atoms with Gasteiger partial charge in [-0.2, -0.15) is 4.72 Å². The highest BCUT2D eigenvalue weighted by atomic mass is 32.2. The Hall–Kier alpha value is -3.43. The predicted molar refractivity (Wildman–Crippen MR) is 128 cm³/mol. The first kappa shape index (κ1) is 25.2. The number of amides is 1. The summed E-state index contributed by atoms with van der Waals surface area (Å²) in [7, 11) is -4.24. The van der Waals surface area contributed by atoms with E-state index in [1.165, 1.54) is 12.1 Å². The molecule has 0 bridgehead atoms. The van der Waals surface area contributed by atoms with Crippen LogP contribution in [0.2, 0.25) is 0 Å². The van der Waals surface area contributed by atoms with E-state index in [1.54, 1.807) is 50.2 Å². The van der Waals surface area contributed by atoms with E-state index in [-0.39, 0.29) is 5.92 Å². The zero-order valence-electron chi connectivity index (χ0n) is 19.1. The minimum absolute atomic E-state index is 0.385. The Labute approximate surface area is 199 Å². The van der Waals surface area contributed by atoms with Crippen LogP contribution >= 0.6 is 0 Å². The zero-order chi connectivity index (χ0) is 24.7. The highest BCUT2D eigenvalue weighted by Crippen LogP contribution is 2.25. The number of hydrogen-bond donors (Lipinski definition) is 2. The van der Waals surface area contributed by atoms with Crippen LogP contribution < -0.4 is 19.5 Å². The first-order valence-corrected chi connectivity index (χ1v) is 12.3. The van der Waals surface area contributed by atoms with Crippen molar-refractivity contribution in [2.24, 2.45) is 5.92 Å². The van der Waals surface area contributed by atoms with E-state index in [4.69, 9.17) is 9.47 Å². The van der Waals surface area contributed by atoms with Crippen LogP contribution in [0, 0.1) is 11.7 Å². The van der Waals surface area contributed by atoms with Crippen LogP contribution in [-0.4, -0.2) is 27.0 Å². The number of carbonyl (C=O) groups is 1. The van der Waals surface area contributed by atoms with Crippen LogP contribution in [0.25, 0.3) is 0 Å². The molecule has 0 saturated heterocycles. The number of carbonyl (C=O) groups excluding carboxylic acids is 1. The normalized spacial score (nSPS) is 12.3. The fraction of sp³-hybridized carbons (Fsp3) is 0.240. The summed E-state index contributed by atoms with van der Waals surface area (Å²) in [5.74, 6) is 0.101. The van der Waals surface area contributed by atoms with Crippen LogP contribution in [-0.2, 0) is 14.8 Å². The van der Waals surface area contributed by atoms with Gasteiger partial charge in [-0.1, -0.05) is 26.0 Å². The van der Waals surface area contributed by atoms with E-state index >= 15 is 0 Å². The van der Waals surface area contributed by atoms with Crippen LogP contribution in [0.1, 0.15) is 20.8 Å². The van der Waals surface area contributed by atoms with Gasteiger partial charge in [-0.25, -0.2) is 12.8 Å². The summed E-state index contributed by atoms with van der Waals surface area (Å²) in [5.41, 5.74) is 0.458. The van der Waals surface area contributed by atoms with Gasteiger partial charge in [-0.15, -0.1) is 0 Å². The molecule has 0 fully saturated rings. The molecule has 0 spiro atoms. The maximum atomic E-state index is 14.0. The van der Waals surface area contributed by atoms with E-state index < -0.39 is 32.7 Å². The van der Waals surface area contributed by atoms with Crippen molar-refractivity contribution in [1.29, 1.82) is 0 Å². The third kappa shape index (κ3) is 6.55. The summed E-state index contributed by atoms with van der Waals surface area (Å²) < 4.78 is 52.8. The highest BCUT2D eigenvalue weighted by molar-refractivity contribution is 7.89. The number of benzene rings is 3. The molecule has 7 nitrogen and oxygen atoms in total. The SMILES string of the molecule is CCOc1ccc(Oc2ccc(NC(=O)[C@H](NS(=O)(=O)c3ccccc3F)C(C)C)cc2)cc1. The quantitative estimate of drug-likeness (QED) is 0.423. The Morgan fingerprint density at radius 2 is 1.47 bits per heavy atom. The van der Waals surface area contributed by atoms with Crippen molar-refractivity contribution < 1.29 is 27.1 Å². The maximum absolute atomic E-state index is 14.0. The lowest BCUT2D eigenvalue weighted by molar-refractivity contribution is -0.118. The fourth-order valence-corrected chi connectivity index (χ4v) is 4.54. The Balaban J connectivity index is 1.66. The molecule has 2 N–H and O–H groups in total. The van der Waals surface area contributed by atoms with Crippen molar-refractivity contribution in [3.63, 3.8) is 0 Å². The lowest BCUT2D eigenvalue weighted by Gasteiger charge is -2.22. The molecule has 1 amide bonds. The molecule has 9 heteroatoms. The number of ether oxygens (including phenoxy) is 2. The third-order valence-electron chi connectivity index (χ3n) is 4.85. The minimum Gasteiger partial charge on any atom is -0.494 e. The monoisotopic (exact) mass is 486 g/mol. The average molecular weight is 487 g/mol. The van der Waals surface area contributed by atoms with Gasteiger partial charge in [0.1, 0.15) is 34.0 Å². The Kier molecular flexibility index (Phi) is 8.25. The number of halogens is 1. The Bertz CT molecular complexity index is 1210. The molecule has 0 aromatic heterocycles. The first-order valence-electron chi connectivity index (χ1n) is 10.8. The smallest absolute Gasteiger partial charge is 0.244 e. The summed E-state index contributed by atoms with van der Waals surface area (Å²) in [6.45, 7) is 5.88. The first-order chi connectivity index (χ1) is 16.2. The van der Waals surface area contributed by atoms with Gasteiger partial charge in [-0.3, -0.25) is 4.79 Å². The van der Waals surface area contributed by atoms with Gasteiger partial charge in [-0.05, 0) is 73.5 Å². The number of nitrogens with one attached hydrogen (secondary N) is 2. The Morgan fingerprint density at radius 1 is 0.912 bits per heavy atom. The van der Waals surface area contributed by atoms with Gasteiger partial charge in [0.15, 0.2) is 0 Å². The molecule has 3 aromatic rings. The van der Waals surface area contributed by atoms with Crippen molar-refractivity contribution in [3.05, 3.63) is 78.6 Å². The molecule has 0 heterocycles. The molecular formula is C25H27FN2O5S. The van der Waals surface area contributed by atoms with Crippen LogP contribution in [0.5, 0.6) is 17.2 Å². The van der Waals surface area contributed by atoms with Gasteiger partial charge in [0.05, 0.1) is 6.61 Å². The summed E-state index contributed by atoms with van der Waals surface area (Å²) in [6, 6.07) is 17.7. The van der Waals surface area contributed by atoms with Crippen LogP contribution in [0.4, 0.5) is 10.1 Å². The molecule has 3 rings (SSSR count). The molecule has 0 unspecified atom stereocenters. The van der Waals surface area contributed by atoms with E-state index in [0.717, 1.165) is 17.9 Å². The lowest BCUT2D eigenvalue weighted by atomic mass is 10.0. The predicted octanol–water partition coefficient (Wildman–Crippen LogP) is 4.96. The molecular weight excluding hydrogens is 459 g/mol. The molecule has 0 aliphatic heterocycles. The number of hydrogen-bond acceptors (Lipinski definition) is 5. The summed E-state index contributed by atoms with van der Waals surface area (Å²) in [5, 5.41) is 2.69.